The normalized spacial score (nSPS) is 18.2. The molecule has 1 saturated heterocycles. The van der Waals surface area contributed by atoms with E-state index in [-0.39, 0.29) is 17.9 Å². The minimum atomic E-state index is -0.307. The number of hydrogen-bond donors (Lipinski definition) is 0. The molecule has 0 aliphatic carbocycles. The third-order valence-corrected chi connectivity index (χ3v) is 4.19. The predicted octanol–water partition coefficient (Wildman–Crippen LogP) is 2.31. The molecule has 0 unspecified atom stereocenters. The molecule has 23 heavy (non-hydrogen) atoms. The van der Waals surface area contributed by atoms with Gasteiger partial charge >= 0.3 is 0 Å². The molecule has 0 saturated carbocycles. The Morgan fingerprint density at radius 3 is 2.70 bits per heavy atom. The zero-order valence-corrected chi connectivity index (χ0v) is 14.0. The highest BCUT2D eigenvalue weighted by Gasteiger charge is 2.34. The zero-order chi connectivity index (χ0) is 16.7. The molecule has 0 spiro atoms. The van der Waals surface area contributed by atoms with Crippen LogP contribution in [0.25, 0.3) is 0 Å². The van der Waals surface area contributed by atoms with Crippen molar-refractivity contribution in [1.29, 1.82) is 0 Å². The van der Waals surface area contributed by atoms with Crippen LogP contribution in [0, 0.1) is 0 Å². The van der Waals surface area contributed by atoms with Crippen molar-refractivity contribution in [3.63, 3.8) is 0 Å². The van der Waals surface area contributed by atoms with Crippen LogP contribution in [0.5, 0.6) is 5.75 Å². The Labute approximate surface area is 138 Å². The van der Waals surface area contributed by atoms with Crippen LogP contribution in [0.3, 0.4) is 0 Å². The standard InChI is InChI=1S/C18H26N2O3/c1-3-4-10-16-18(22)19(2)12-13-20(16)17(21)11-14-23-15-8-6-5-7-9-15/h5-9,16H,3-4,10-14H2,1-2H3/t16-/m0/s1. The van der Waals surface area contributed by atoms with E-state index >= 15 is 0 Å². The van der Waals surface area contributed by atoms with Gasteiger partial charge in [0.15, 0.2) is 0 Å². The van der Waals surface area contributed by atoms with E-state index in [1.807, 2.05) is 37.4 Å². The number of ether oxygens (including phenoxy) is 1. The Hall–Kier alpha value is -2.04. The van der Waals surface area contributed by atoms with E-state index in [1.165, 1.54) is 0 Å². The van der Waals surface area contributed by atoms with Crippen LogP contribution in [0.15, 0.2) is 30.3 Å². The first-order valence-electron chi connectivity index (χ1n) is 8.35. The molecule has 1 aliphatic heterocycles. The van der Waals surface area contributed by atoms with Gasteiger partial charge in [0.1, 0.15) is 11.8 Å². The number of nitrogens with zero attached hydrogens (tertiary/aromatic N) is 2. The number of benzene rings is 1. The summed E-state index contributed by atoms with van der Waals surface area (Å²) in [7, 11) is 1.81. The van der Waals surface area contributed by atoms with Gasteiger partial charge in [0.05, 0.1) is 13.0 Å². The molecular formula is C18H26N2O3. The lowest BCUT2D eigenvalue weighted by Crippen LogP contribution is -2.57. The third-order valence-electron chi connectivity index (χ3n) is 4.19. The molecule has 2 rings (SSSR count). The highest BCUT2D eigenvalue weighted by Crippen LogP contribution is 2.17. The van der Waals surface area contributed by atoms with Crippen LogP contribution in [0.2, 0.25) is 0 Å². The van der Waals surface area contributed by atoms with Gasteiger partial charge in [0.2, 0.25) is 11.8 Å². The predicted molar refractivity (Wildman–Crippen MR) is 89.2 cm³/mol. The number of piperazine rings is 1. The number of carbonyl (C=O) groups is 2. The molecule has 5 nitrogen and oxygen atoms in total. The smallest absolute Gasteiger partial charge is 0.245 e. The third kappa shape index (κ3) is 4.71. The van der Waals surface area contributed by atoms with E-state index in [0.717, 1.165) is 25.0 Å². The van der Waals surface area contributed by atoms with Gasteiger partial charge in [-0.2, -0.15) is 0 Å². The average molecular weight is 318 g/mol. The van der Waals surface area contributed by atoms with Crippen LogP contribution in [-0.4, -0.2) is 54.4 Å². The molecule has 1 aromatic rings. The summed E-state index contributed by atoms with van der Waals surface area (Å²) < 4.78 is 5.59. The van der Waals surface area contributed by atoms with Gasteiger partial charge in [-0.15, -0.1) is 0 Å². The van der Waals surface area contributed by atoms with Crippen LogP contribution in [0.4, 0.5) is 0 Å². The van der Waals surface area contributed by atoms with Crippen LogP contribution in [0.1, 0.15) is 32.6 Å². The molecule has 0 radical (unpaired) electrons. The molecule has 126 valence electrons. The lowest BCUT2D eigenvalue weighted by atomic mass is 10.0. The lowest BCUT2D eigenvalue weighted by molar-refractivity contribution is -0.150. The second-order valence-corrected chi connectivity index (χ2v) is 5.92. The Balaban J connectivity index is 1.89. The fraction of sp³-hybridized carbons (Fsp3) is 0.556. The Morgan fingerprint density at radius 1 is 1.26 bits per heavy atom. The van der Waals surface area contributed by atoms with E-state index < -0.39 is 0 Å². The van der Waals surface area contributed by atoms with Crippen molar-refractivity contribution in [2.24, 2.45) is 0 Å². The number of rotatable bonds is 7. The Bertz CT molecular complexity index is 518. The van der Waals surface area contributed by atoms with E-state index in [4.69, 9.17) is 4.74 Å². The first-order valence-corrected chi connectivity index (χ1v) is 8.35. The zero-order valence-electron chi connectivity index (χ0n) is 14.0. The van der Waals surface area contributed by atoms with E-state index in [9.17, 15) is 9.59 Å². The second-order valence-electron chi connectivity index (χ2n) is 5.92. The van der Waals surface area contributed by atoms with Gasteiger partial charge in [-0.1, -0.05) is 38.0 Å². The summed E-state index contributed by atoms with van der Waals surface area (Å²) >= 11 is 0. The van der Waals surface area contributed by atoms with Crippen molar-refractivity contribution in [3.05, 3.63) is 30.3 Å². The van der Waals surface area contributed by atoms with E-state index in [0.29, 0.717) is 26.1 Å². The van der Waals surface area contributed by atoms with E-state index in [1.54, 1.807) is 9.80 Å². The van der Waals surface area contributed by atoms with Crippen molar-refractivity contribution < 1.29 is 14.3 Å². The number of likely N-dealkylation sites (N-methyl/N-ethyl adjacent to an activating group) is 1. The van der Waals surface area contributed by atoms with Crippen molar-refractivity contribution in [2.45, 2.75) is 38.6 Å². The number of amides is 2. The van der Waals surface area contributed by atoms with Crippen molar-refractivity contribution in [2.75, 3.05) is 26.7 Å². The van der Waals surface area contributed by atoms with Crippen LogP contribution >= 0.6 is 0 Å². The van der Waals surface area contributed by atoms with Crippen molar-refractivity contribution in [1.82, 2.24) is 9.80 Å². The van der Waals surface area contributed by atoms with Crippen molar-refractivity contribution >= 4 is 11.8 Å². The molecule has 1 heterocycles. The van der Waals surface area contributed by atoms with Gasteiger partial charge in [-0.05, 0) is 18.6 Å². The topological polar surface area (TPSA) is 49.9 Å². The van der Waals surface area contributed by atoms with Gasteiger partial charge in [0.25, 0.3) is 0 Å². The van der Waals surface area contributed by atoms with Gasteiger partial charge in [-0.25, -0.2) is 0 Å². The maximum absolute atomic E-state index is 12.5. The Morgan fingerprint density at radius 2 is 2.00 bits per heavy atom. The first-order chi connectivity index (χ1) is 11.1. The molecule has 0 bridgehead atoms. The first kappa shape index (κ1) is 17.3. The number of hydrogen-bond acceptors (Lipinski definition) is 3. The molecule has 2 amide bonds. The molecule has 1 atom stereocenters. The average Bonchev–Trinajstić information content (AvgIpc) is 2.57. The summed E-state index contributed by atoms with van der Waals surface area (Å²) in [6.45, 7) is 3.65. The lowest BCUT2D eigenvalue weighted by Gasteiger charge is -2.39. The fourth-order valence-corrected chi connectivity index (χ4v) is 2.80. The minimum Gasteiger partial charge on any atom is -0.493 e. The monoisotopic (exact) mass is 318 g/mol. The highest BCUT2D eigenvalue weighted by atomic mass is 16.5. The molecular weight excluding hydrogens is 292 g/mol. The summed E-state index contributed by atoms with van der Waals surface area (Å²) in [5, 5.41) is 0. The fourth-order valence-electron chi connectivity index (χ4n) is 2.80. The number of para-hydroxylation sites is 1. The summed E-state index contributed by atoms with van der Waals surface area (Å²) in [4.78, 5) is 28.3. The molecule has 1 aromatic carbocycles. The summed E-state index contributed by atoms with van der Waals surface area (Å²) in [5.41, 5.74) is 0. The van der Waals surface area contributed by atoms with Gasteiger partial charge in [-0.3, -0.25) is 9.59 Å². The maximum atomic E-state index is 12.5. The SMILES string of the molecule is CCCC[C@H]1C(=O)N(C)CCN1C(=O)CCOc1ccccc1. The summed E-state index contributed by atoms with van der Waals surface area (Å²) in [6, 6.07) is 9.15. The Kier molecular flexibility index (Phi) is 6.44. The van der Waals surface area contributed by atoms with Gasteiger partial charge in [0, 0.05) is 20.1 Å². The van der Waals surface area contributed by atoms with E-state index in [2.05, 4.69) is 6.92 Å². The molecule has 1 aliphatic rings. The summed E-state index contributed by atoms with van der Waals surface area (Å²) in [5.74, 6) is 0.822. The molecule has 0 aromatic heterocycles. The maximum Gasteiger partial charge on any atom is 0.245 e. The number of carbonyl (C=O) groups excluding carboxylic acids is 2. The summed E-state index contributed by atoms with van der Waals surface area (Å²) in [6.07, 6.45) is 3.01. The highest BCUT2D eigenvalue weighted by molar-refractivity contribution is 5.88. The molecule has 5 heteroatoms. The van der Waals surface area contributed by atoms with Gasteiger partial charge < -0.3 is 14.5 Å². The van der Waals surface area contributed by atoms with Crippen LogP contribution < -0.4 is 4.74 Å². The second kappa shape index (κ2) is 8.56. The number of unbranched alkanes of at least 4 members (excludes halogenated alkanes) is 1. The van der Waals surface area contributed by atoms with Crippen LogP contribution in [-0.2, 0) is 9.59 Å². The quantitative estimate of drug-likeness (QED) is 0.775. The van der Waals surface area contributed by atoms with Crippen molar-refractivity contribution in [3.8, 4) is 5.75 Å². The molecule has 1 fully saturated rings. The molecule has 0 N–H and O–H groups in total. The largest absolute Gasteiger partial charge is 0.493 e. The minimum absolute atomic E-state index is 0.00323.